The van der Waals surface area contributed by atoms with Crippen LogP contribution >= 0.6 is 11.8 Å². The second-order valence-corrected chi connectivity index (χ2v) is 4.65. The van der Waals surface area contributed by atoms with Gasteiger partial charge in [0.25, 0.3) is 0 Å². The second-order valence-electron chi connectivity index (χ2n) is 3.77. The Hall–Kier alpha value is -1.42. The average Bonchev–Trinajstić information content (AvgIpc) is 2.38. The van der Waals surface area contributed by atoms with E-state index in [9.17, 15) is 13.2 Å². The second kappa shape index (κ2) is 5.06. The van der Waals surface area contributed by atoms with Crippen molar-refractivity contribution in [3.05, 3.63) is 54.1 Å². The minimum atomic E-state index is -4.32. The van der Waals surface area contributed by atoms with Crippen molar-refractivity contribution in [1.29, 1.82) is 0 Å². The van der Waals surface area contributed by atoms with E-state index in [4.69, 9.17) is 0 Å². The topological polar surface area (TPSA) is 0 Å². The SMILES string of the molecule is CSc1ccc(-c2ccccc2C(F)(F)F)cc1. The van der Waals surface area contributed by atoms with Crippen LogP contribution < -0.4 is 0 Å². The predicted molar refractivity (Wildman–Crippen MR) is 68.7 cm³/mol. The Morgan fingerprint density at radius 2 is 1.50 bits per heavy atom. The lowest BCUT2D eigenvalue weighted by molar-refractivity contribution is -0.137. The maximum atomic E-state index is 12.9. The molecule has 18 heavy (non-hydrogen) atoms. The molecule has 0 amide bonds. The maximum absolute atomic E-state index is 12.9. The predicted octanol–water partition coefficient (Wildman–Crippen LogP) is 5.09. The van der Waals surface area contributed by atoms with Gasteiger partial charge in [-0.2, -0.15) is 13.2 Å². The molecule has 0 saturated carbocycles. The first-order valence-electron chi connectivity index (χ1n) is 5.33. The summed E-state index contributed by atoms with van der Waals surface area (Å²) in [7, 11) is 0. The molecule has 2 aromatic carbocycles. The van der Waals surface area contributed by atoms with E-state index < -0.39 is 11.7 Å². The maximum Gasteiger partial charge on any atom is 0.417 e. The van der Waals surface area contributed by atoms with Crippen molar-refractivity contribution in [2.45, 2.75) is 11.1 Å². The monoisotopic (exact) mass is 268 g/mol. The Morgan fingerprint density at radius 3 is 2.06 bits per heavy atom. The summed E-state index contributed by atoms with van der Waals surface area (Å²) in [5.74, 6) is 0. The highest BCUT2D eigenvalue weighted by Gasteiger charge is 2.33. The standard InChI is InChI=1S/C14H11F3S/c1-18-11-8-6-10(7-9-11)12-4-2-3-5-13(12)14(15,16)17/h2-9H,1H3. The summed E-state index contributed by atoms with van der Waals surface area (Å²) in [6.45, 7) is 0. The van der Waals surface area contributed by atoms with Gasteiger partial charge in [-0.3, -0.25) is 0 Å². The van der Waals surface area contributed by atoms with E-state index in [2.05, 4.69) is 0 Å². The number of halogens is 3. The van der Waals surface area contributed by atoms with Gasteiger partial charge in [0.2, 0.25) is 0 Å². The quantitative estimate of drug-likeness (QED) is 0.683. The smallest absolute Gasteiger partial charge is 0.166 e. The first-order valence-corrected chi connectivity index (χ1v) is 6.55. The zero-order valence-corrected chi connectivity index (χ0v) is 10.5. The number of alkyl halides is 3. The molecule has 0 spiro atoms. The van der Waals surface area contributed by atoms with Gasteiger partial charge in [-0.25, -0.2) is 0 Å². The molecule has 0 unspecified atom stereocenters. The van der Waals surface area contributed by atoms with E-state index in [1.165, 1.54) is 12.1 Å². The molecule has 0 bridgehead atoms. The van der Waals surface area contributed by atoms with Gasteiger partial charge < -0.3 is 0 Å². The summed E-state index contributed by atoms with van der Waals surface area (Å²) in [6, 6.07) is 12.7. The van der Waals surface area contributed by atoms with Crippen LogP contribution in [0.2, 0.25) is 0 Å². The number of hydrogen-bond acceptors (Lipinski definition) is 1. The van der Waals surface area contributed by atoms with Crippen LogP contribution in [0.4, 0.5) is 13.2 Å². The minimum Gasteiger partial charge on any atom is -0.166 e. The molecule has 0 N–H and O–H groups in total. The Balaban J connectivity index is 2.50. The van der Waals surface area contributed by atoms with Crippen LogP contribution in [0.5, 0.6) is 0 Å². The van der Waals surface area contributed by atoms with Crippen LogP contribution in [0, 0.1) is 0 Å². The van der Waals surface area contributed by atoms with Gasteiger partial charge >= 0.3 is 6.18 Å². The first kappa shape index (κ1) is 13.0. The lowest BCUT2D eigenvalue weighted by atomic mass is 9.99. The summed E-state index contributed by atoms with van der Waals surface area (Å²) in [6.07, 6.45) is -2.40. The molecule has 0 nitrogen and oxygen atoms in total. The highest BCUT2D eigenvalue weighted by molar-refractivity contribution is 7.98. The summed E-state index contributed by atoms with van der Waals surface area (Å²) >= 11 is 1.56. The Bertz CT molecular complexity index is 529. The molecule has 0 aliphatic carbocycles. The van der Waals surface area contributed by atoms with E-state index in [0.29, 0.717) is 5.56 Å². The molecule has 4 heteroatoms. The molecule has 0 saturated heterocycles. The van der Waals surface area contributed by atoms with Gasteiger partial charge in [0, 0.05) is 4.90 Å². The van der Waals surface area contributed by atoms with Gasteiger partial charge in [0.1, 0.15) is 0 Å². The van der Waals surface area contributed by atoms with Crippen LogP contribution in [0.25, 0.3) is 11.1 Å². The molecule has 0 heterocycles. The Kier molecular flexibility index (Phi) is 3.66. The molecule has 0 radical (unpaired) electrons. The highest BCUT2D eigenvalue weighted by Crippen LogP contribution is 2.37. The molecule has 2 aromatic rings. The van der Waals surface area contributed by atoms with E-state index in [0.717, 1.165) is 11.0 Å². The third-order valence-electron chi connectivity index (χ3n) is 2.63. The summed E-state index contributed by atoms with van der Waals surface area (Å²) < 4.78 is 38.6. The van der Waals surface area contributed by atoms with Crippen molar-refractivity contribution >= 4 is 11.8 Å². The fourth-order valence-corrected chi connectivity index (χ4v) is 2.16. The van der Waals surface area contributed by atoms with Crippen LogP contribution in [0.3, 0.4) is 0 Å². The Morgan fingerprint density at radius 1 is 0.889 bits per heavy atom. The molecular weight excluding hydrogens is 257 g/mol. The van der Waals surface area contributed by atoms with E-state index in [1.807, 2.05) is 18.4 Å². The van der Waals surface area contributed by atoms with Gasteiger partial charge in [-0.05, 0) is 35.6 Å². The third kappa shape index (κ3) is 2.70. The van der Waals surface area contributed by atoms with Crippen LogP contribution in [-0.4, -0.2) is 6.26 Å². The van der Waals surface area contributed by atoms with E-state index in [1.54, 1.807) is 30.0 Å². The van der Waals surface area contributed by atoms with Crippen LogP contribution in [0.15, 0.2) is 53.4 Å². The normalized spacial score (nSPS) is 11.6. The van der Waals surface area contributed by atoms with Crippen molar-refractivity contribution in [3.8, 4) is 11.1 Å². The van der Waals surface area contributed by atoms with Crippen LogP contribution in [-0.2, 0) is 6.18 Å². The fraction of sp³-hybridized carbons (Fsp3) is 0.143. The minimum absolute atomic E-state index is 0.220. The molecule has 0 fully saturated rings. The van der Waals surface area contributed by atoms with Crippen molar-refractivity contribution in [2.24, 2.45) is 0 Å². The molecule has 2 rings (SSSR count). The van der Waals surface area contributed by atoms with E-state index in [-0.39, 0.29) is 5.56 Å². The molecule has 0 aliphatic heterocycles. The molecule has 94 valence electrons. The lowest BCUT2D eigenvalue weighted by Gasteiger charge is -2.12. The van der Waals surface area contributed by atoms with Crippen LogP contribution in [0.1, 0.15) is 5.56 Å². The van der Waals surface area contributed by atoms with Crippen molar-refractivity contribution in [2.75, 3.05) is 6.26 Å². The fourth-order valence-electron chi connectivity index (χ4n) is 1.75. The Labute approximate surface area is 108 Å². The zero-order chi connectivity index (χ0) is 13.2. The largest absolute Gasteiger partial charge is 0.417 e. The lowest BCUT2D eigenvalue weighted by Crippen LogP contribution is -2.06. The van der Waals surface area contributed by atoms with Gasteiger partial charge in [-0.15, -0.1) is 11.8 Å². The summed E-state index contributed by atoms with van der Waals surface area (Å²) in [5, 5.41) is 0. The van der Waals surface area contributed by atoms with Crippen molar-refractivity contribution < 1.29 is 13.2 Å². The van der Waals surface area contributed by atoms with Crippen molar-refractivity contribution in [1.82, 2.24) is 0 Å². The average molecular weight is 268 g/mol. The first-order chi connectivity index (χ1) is 8.52. The number of thioether (sulfide) groups is 1. The van der Waals surface area contributed by atoms with Gasteiger partial charge in [0.05, 0.1) is 5.56 Å². The van der Waals surface area contributed by atoms with Gasteiger partial charge in [-0.1, -0.05) is 30.3 Å². The van der Waals surface area contributed by atoms with Gasteiger partial charge in [0.15, 0.2) is 0 Å². The molecular formula is C14H11F3S. The van der Waals surface area contributed by atoms with E-state index >= 15 is 0 Å². The van der Waals surface area contributed by atoms with Crippen molar-refractivity contribution in [3.63, 3.8) is 0 Å². The highest BCUT2D eigenvalue weighted by atomic mass is 32.2. The molecule has 0 aromatic heterocycles. The number of rotatable bonds is 2. The third-order valence-corrected chi connectivity index (χ3v) is 3.38. The number of hydrogen-bond donors (Lipinski definition) is 0. The molecule has 0 atom stereocenters. The molecule has 0 aliphatic rings. The summed E-state index contributed by atoms with van der Waals surface area (Å²) in [5.41, 5.74) is 0.209. The summed E-state index contributed by atoms with van der Waals surface area (Å²) in [4.78, 5) is 1.03. The number of benzene rings is 2. The zero-order valence-electron chi connectivity index (χ0n) is 9.66.